The predicted molar refractivity (Wildman–Crippen MR) is 178 cm³/mol. The Kier molecular flexibility index (Phi) is 7.11. The number of benzene rings is 5. The van der Waals surface area contributed by atoms with Crippen LogP contribution < -0.4 is 5.30 Å². The van der Waals surface area contributed by atoms with E-state index in [0.717, 1.165) is 16.4 Å². The monoisotopic (exact) mass is 653 g/mol. The fraction of sp³-hybridized carbons (Fsp3) is 0.250. The molecule has 0 spiro atoms. The van der Waals surface area contributed by atoms with Crippen LogP contribution in [-0.2, 0) is 32.4 Å². The van der Waals surface area contributed by atoms with Crippen molar-refractivity contribution in [2.24, 2.45) is 0 Å². The SMILES string of the molecule is CC(C)(C)c1ccc2c3ccc(-c4ccc(P(=O)=[S-](=S)I)cc4)cc3c3ccc(C(C)(C)C)cc3c2c1. The van der Waals surface area contributed by atoms with Crippen molar-refractivity contribution in [1.29, 1.82) is 0 Å². The summed E-state index contributed by atoms with van der Waals surface area (Å²) < 4.78 is 12.5. The third-order valence-corrected chi connectivity index (χ3v) is 14.0. The molecule has 1 nitrogen and oxygen atoms in total. The van der Waals surface area contributed by atoms with Gasteiger partial charge in [-0.05, 0) is 95.7 Å². The van der Waals surface area contributed by atoms with Crippen LogP contribution in [0.4, 0.5) is 0 Å². The smallest absolute Gasteiger partial charge is 0.0186 e. The highest BCUT2D eigenvalue weighted by Gasteiger charge is 2.19. The van der Waals surface area contributed by atoms with Gasteiger partial charge in [-0.3, -0.25) is 17.0 Å². The first-order chi connectivity index (χ1) is 17.3. The maximum atomic E-state index is 12.5. The second kappa shape index (κ2) is 9.79. The average molecular weight is 654 g/mol. The van der Waals surface area contributed by atoms with Crippen molar-refractivity contribution in [3.63, 3.8) is 0 Å². The molecule has 0 amide bonds. The number of hydrogen-bond acceptors (Lipinski definition) is 3. The van der Waals surface area contributed by atoms with E-state index < -0.39 is 12.4 Å². The number of fused-ring (bicyclic) bond motifs is 6. The summed E-state index contributed by atoms with van der Waals surface area (Å²) in [6.45, 7) is 12.1. The minimum absolute atomic E-state index is 0.0736. The standard InChI is InChI=1S/C32H31IOPS2/c1-31(2,3)22-10-15-26-25-14-9-21(20-7-12-24(13-8-20)35(34)37(33)36)17-28(25)27-16-11-23(32(4,5)6)19-30(27)29(26)18-22/h7-19H,1-6H3/q-1. The van der Waals surface area contributed by atoms with Crippen molar-refractivity contribution >= 4 is 82.4 Å². The lowest BCUT2D eigenvalue weighted by Crippen LogP contribution is -2.11. The molecule has 5 aromatic rings. The molecule has 0 aromatic heterocycles. The van der Waals surface area contributed by atoms with Gasteiger partial charge in [0, 0.05) is 11.9 Å². The summed E-state index contributed by atoms with van der Waals surface area (Å²) in [6, 6.07) is 28.8. The Balaban J connectivity index is 1.81. The molecular weight excluding hydrogens is 622 g/mol. The van der Waals surface area contributed by atoms with Crippen LogP contribution in [0.2, 0.25) is 0 Å². The first-order valence-electron chi connectivity index (χ1n) is 12.4. The maximum absolute atomic E-state index is 12.5. The van der Waals surface area contributed by atoms with Gasteiger partial charge in [0.05, 0.1) is 0 Å². The molecule has 0 saturated heterocycles. The molecule has 0 fully saturated rings. The van der Waals surface area contributed by atoms with E-state index in [0.29, 0.717) is 0 Å². The van der Waals surface area contributed by atoms with E-state index in [1.54, 1.807) is 0 Å². The van der Waals surface area contributed by atoms with Gasteiger partial charge in [-0.2, -0.15) is 0 Å². The molecule has 0 saturated carbocycles. The summed E-state index contributed by atoms with van der Waals surface area (Å²) in [5.74, 6) is -0.564. The third kappa shape index (κ3) is 5.15. The van der Waals surface area contributed by atoms with Crippen molar-refractivity contribution in [2.75, 3.05) is 0 Å². The van der Waals surface area contributed by atoms with Gasteiger partial charge in [-0.1, -0.05) is 90.1 Å². The Labute approximate surface area is 238 Å². The van der Waals surface area contributed by atoms with E-state index in [1.807, 2.05) is 12.1 Å². The van der Waals surface area contributed by atoms with Crippen LogP contribution >= 0.6 is 27.8 Å². The summed E-state index contributed by atoms with van der Waals surface area (Å²) >= 11 is 7.33. The topological polar surface area (TPSA) is 17.1 Å². The Morgan fingerprint density at radius 2 is 1.00 bits per heavy atom. The quantitative estimate of drug-likeness (QED) is 0.0620. The van der Waals surface area contributed by atoms with Gasteiger partial charge < -0.3 is 4.57 Å². The Morgan fingerprint density at radius 3 is 1.46 bits per heavy atom. The van der Waals surface area contributed by atoms with Crippen LogP contribution in [0, 0.1) is 0 Å². The van der Waals surface area contributed by atoms with Crippen LogP contribution in [-0.4, -0.2) is 0 Å². The summed E-state index contributed by atoms with van der Waals surface area (Å²) in [5, 5.41) is 8.56. The highest BCUT2D eigenvalue weighted by Crippen LogP contribution is 2.40. The lowest BCUT2D eigenvalue weighted by molar-refractivity contribution is 0.590. The van der Waals surface area contributed by atoms with E-state index in [1.165, 1.54) is 43.4 Å². The molecule has 0 aliphatic heterocycles. The van der Waals surface area contributed by atoms with Gasteiger partial charge in [0.2, 0.25) is 0 Å². The van der Waals surface area contributed by atoms with Crippen LogP contribution in [0.25, 0.3) is 43.4 Å². The van der Waals surface area contributed by atoms with Gasteiger partial charge in [0.25, 0.3) is 0 Å². The normalized spacial score (nSPS) is 13.9. The van der Waals surface area contributed by atoms with Gasteiger partial charge in [0.1, 0.15) is 0 Å². The number of halogens is 1. The van der Waals surface area contributed by atoms with E-state index in [-0.39, 0.29) is 10.8 Å². The first-order valence-corrected chi connectivity index (χ1v) is 19.0. The predicted octanol–water partition coefficient (Wildman–Crippen LogP) is 10.2. The molecular formula is C32H31IOPS2-. The van der Waals surface area contributed by atoms with Gasteiger partial charge in [-0.15, -0.1) is 0 Å². The highest BCUT2D eigenvalue weighted by atomic mass is 127. The minimum Gasteiger partial charge on any atom is -0.305 e. The van der Waals surface area contributed by atoms with Crippen molar-refractivity contribution in [2.45, 2.75) is 52.4 Å². The molecule has 5 rings (SSSR count). The molecule has 5 heteroatoms. The Bertz CT molecular complexity index is 1830. The van der Waals surface area contributed by atoms with Crippen molar-refractivity contribution in [3.8, 4) is 11.1 Å². The zero-order valence-electron chi connectivity index (χ0n) is 22.1. The van der Waals surface area contributed by atoms with Gasteiger partial charge in [-0.25, -0.2) is 21.2 Å². The molecule has 0 radical (unpaired) electrons. The molecule has 37 heavy (non-hydrogen) atoms. The Morgan fingerprint density at radius 1 is 0.595 bits per heavy atom. The fourth-order valence-electron chi connectivity index (χ4n) is 4.98. The lowest BCUT2D eigenvalue weighted by Gasteiger charge is -2.23. The zero-order valence-corrected chi connectivity index (χ0v) is 26.7. The fourth-order valence-corrected chi connectivity index (χ4v) is 9.22. The lowest BCUT2D eigenvalue weighted by atomic mass is 9.82. The van der Waals surface area contributed by atoms with Gasteiger partial charge in [0.15, 0.2) is 0 Å². The van der Waals surface area contributed by atoms with E-state index in [9.17, 15) is 4.57 Å². The first kappa shape index (κ1) is 26.9. The molecule has 0 heterocycles. The third-order valence-electron chi connectivity index (χ3n) is 7.20. The molecule has 0 aliphatic rings. The summed E-state index contributed by atoms with van der Waals surface area (Å²) in [7, 11) is 0. The average Bonchev–Trinajstić information content (AvgIpc) is 2.86. The molecule has 1 unspecified atom stereocenters. The highest BCUT2D eigenvalue weighted by molar-refractivity contribution is 14.2. The number of rotatable bonds is 2. The molecule has 0 bridgehead atoms. The van der Waals surface area contributed by atoms with Crippen molar-refractivity contribution in [1.82, 2.24) is 0 Å². The van der Waals surface area contributed by atoms with Crippen LogP contribution in [0.1, 0.15) is 52.7 Å². The minimum atomic E-state index is -1.53. The molecule has 0 aliphatic carbocycles. The second-order valence-electron chi connectivity index (χ2n) is 11.8. The molecule has 190 valence electrons. The van der Waals surface area contributed by atoms with Crippen LogP contribution in [0.5, 0.6) is 0 Å². The summed E-state index contributed by atoms with van der Waals surface area (Å²) in [5.41, 5.74) is 5.14. The van der Waals surface area contributed by atoms with E-state index >= 15 is 0 Å². The molecule has 0 N–H and O–H groups in total. The van der Waals surface area contributed by atoms with Crippen LogP contribution in [0.3, 0.4) is 0 Å². The zero-order chi connectivity index (χ0) is 26.7. The summed E-state index contributed by atoms with van der Waals surface area (Å²) in [6.07, 6.45) is 0. The van der Waals surface area contributed by atoms with Crippen LogP contribution in [0.15, 0.2) is 78.9 Å². The largest absolute Gasteiger partial charge is 0.305 e. The maximum Gasteiger partial charge on any atom is 0.0186 e. The van der Waals surface area contributed by atoms with Crippen molar-refractivity contribution < 1.29 is 4.57 Å². The molecule has 5 aromatic carbocycles. The van der Waals surface area contributed by atoms with E-state index in [4.69, 9.17) is 11.2 Å². The second-order valence-corrected chi connectivity index (χ2v) is 23.6. The summed E-state index contributed by atoms with van der Waals surface area (Å²) in [4.78, 5) is 0. The van der Waals surface area contributed by atoms with E-state index in [2.05, 4.69) is 129 Å². The number of hydrogen-bond donors (Lipinski definition) is 0. The molecule has 1 atom stereocenters. The van der Waals surface area contributed by atoms with Crippen molar-refractivity contribution in [3.05, 3.63) is 90.0 Å². The Hall–Kier alpha value is -1.72. The van der Waals surface area contributed by atoms with Gasteiger partial charge >= 0.3 is 0 Å².